The predicted molar refractivity (Wildman–Crippen MR) is 103 cm³/mol. The highest BCUT2D eigenvalue weighted by molar-refractivity contribution is 6.30. The Labute approximate surface area is 157 Å². The minimum Gasteiger partial charge on any atom is -0.356 e. The Kier molecular flexibility index (Phi) is 6.22. The Bertz CT molecular complexity index is 863. The van der Waals surface area contributed by atoms with Crippen molar-refractivity contribution in [1.29, 1.82) is 0 Å². The molecule has 7 heteroatoms. The second kappa shape index (κ2) is 9.01. The second-order valence-electron chi connectivity index (χ2n) is 5.61. The molecule has 0 bridgehead atoms. The van der Waals surface area contributed by atoms with Crippen molar-refractivity contribution >= 4 is 17.6 Å². The molecule has 0 unspecified atom stereocenters. The van der Waals surface area contributed by atoms with Crippen molar-refractivity contribution in [2.24, 2.45) is 4.99 Å². The van der Waals surface area contributed by atoms with Gasteiger partial charge in [0.2, 0.25) is 11.7 Å². The maximum absolute atomic E-state index is 5.99. The van der Waals surface area contributed by atoms with Gasteiger partial charge in [-0.15, -0.1) is 0 Å². The summed E-state index contributed by atoms with van der Waals surface area (Å²) in [5.41, 5.74) is 2.03. The first kappa shape index (κ1) is 17.9. The van der Waals surface area contributed by atoms with E-state index in [9.17, 15) is 0 Å². The molecule has 0 aliphatic rings. The number of aliphatic imine (C=N–C) groups is 1. The molecule has 6 nitrogen and oxygen atoms in total. The first-order chi connectivity index (χ1) is 12.7. The number of nitrogens with one attached hydrogen (secondary N) is 2. The van der Waals surface area contributed by atoms with Crippen LogP contribution in [-0.4, -0.2) is 29.7 Å². The van der Waals surface area contributed by atoms with E-state index in [0.29, 0.717) is 36.2 Å². The maximum Gasteiger partial charge on any atom is 0.228 e. The topological polar surface area (TPSA) is 75.3 Å². The van der Waals surface area contributed by atoms with Gasteiger partial charge in [-0.05, 0) is 17.7 Å². The zero-order valence-corrected chi connectivity index (χ0v) is 15.2. The van der Waals surface area contributed by atoms with Crippen LogP contribution in [0.25, 0.3) is 11.4 Å². The van der Waals surface area contributed by atoms with Gasteiger partial charge in [0.1, 0.15) is 0 Å². The highest BCUT2D eigenvalue weighted by Crippen LogP contribution is 2.19. The molecule has 0 fully saturated rings. The molecule has 0 amide bonds. The fraction of sp³-hybridized carbons (Fsp3) is 0.211. The van der Waals surface area contributed by atoms with Gasteiger partial charge in [-0.2, -0.15) is 4.98 Å². The van der Waals surface area contributed by atoms with E-state index in [1.807, 2.05) is 42.5 Å². The summed E-state index contributed by atoms with van der Waals surface area (Å²) in [6.45, 7) is 1.34. The fourth-order valence-corrected chi connectivity index (χ4v) is 2.58. The molecule has 0 radical (unpaired) electrons. The molecule has 26 heavy (non-hydrogen) atoms. The number of rotatable bonds is 6. The number of halogens is 1. The van der Waals surface area contributed by atoms with Gasteiger partial charge >= 0.3 is 0 Å². The second-order valence-corrected chi connectivity index (χ2v) is 6.05. The summed E-state index contributed by atoms with van der Waals surface area (Å²) in [6.07, 6.45) is 0.597. The summed E-state index contributed by atoms with van der Waals surface area (Å²) in [4.78, 5) is 8.61. The molecule has 2 N–H and O–H groups in total. The van der Waals surface area contributed by atoms with Crippen molar-refractivity contribution in [2.45, 2.75) is 13.0 Å². The fourth-order valence-electron chi connectivity index (χ4n) is 2.39. The van der Waals surface area contributed by atoms with Crippen molar-refractivity contribution in [3.63, 3.8) is 0 Å². The van der Waals surface area contributed by atoms with Crippen LogP contribution >= 0.6 is 11.6 Å². The Morgan fingerprint density at radius 3 is 2.73 bits per heavy atom. The summed E-state index contributed by atoms with van der Waals surface area (Å²) in [6, 6.07) is 17.5. The van der Waals surface area contributed by atoms with Crippen molar-refractivity contribution in [1.82, 2.24) is 20.8 Å². The van der Waals surface area contributed by atoms with E-state index >= 15 is 0 Å². The molecule has 0 saturated heterocycles. The highest BCUT2D eigenvalue weighted by Gasteiger charge is 2.09. The van der Waals surface area contributed by atoms with Gasteiger partial charge in [0.25, 0.3) is 0 Å². The molecule has 0 aliphatic carbocycles. The quantitative estimate of drug-likeness (QED) is 0.515. The molecule has 0 saturated carbocycles. The zero-order chi connectivity index (χ0) is 18.2. The molecule has 0 aliphatic heterocycles. The number of hydrogen-bond donors (Lipinski definition) is 2. The van der Waals surface area contributed by atoms with Crippen LogP contribution in [0.4, 0.5) is 0 Å². The van der Waals surface area contributed by atoms with Crippen molar-refractivity contribution < 1.29 is 4.52 Å². The van der Waals surface area contributed by atoms with Crippen LogP contribution in [0.5, 0.6) is 0 Å². The molecule has 134 valence electrons. The SMILES string of the molecule is CN=C(NCCc1nc(-c2cccc(Cl)c2)no1)NCc1ccccc1. The Balaban J connectivity index is 1.48. The average Bonchev–Trinajstić information content (AvgIpc) is 3.14. The number of benzene rings is 2. The molecule has 3 aromatic rings. The van der Waals surface area contributed by atoms with Gasteiger partial charge in [0.15, 0.2) is 5.96 Å². The molecule has 1 heterocycles. The molecule has 0 spiro atoms. The number of guanidine groups is 1. The lowest BCUT2D eigenvalue weighted by Crippen LogP contribution is -2.37. The first-order valence-corrected chi connectivity index (χ1v) is 8.69. The van der Waals surface area contributed by atoms with Crippen LogP contribution in [0, 0.1) is 0 Å². The largest absolute Gasteiger partial charge is 0.356 e. The van der Waals surface area contributed by atoms with Crippen LogP contribution in [0.3, 0.4) is 0 Å². The standard InChI is InChI=1S/C19H20ClN5O/c1-21-19(23-13-14-6-3-2-4-7-14)22-11-10-17-24-18(25-26-17)15-8-5-9-16(20)12-15/h2-9,12H,10-11,13H2,1H3,(H2,21,22,23). The average molecular weight is 370 g/mol. The van der Waals surface area contributed by atoms with Crippen LogP contribution in [0.2, 0.25) is 5.02 Å². The third-order valence-electron chi connectivity index (χ3n) is 3.71. The minimum atomic E-state index is 0.536. The third-order valence-corrected chi connectivity index (χ3v) is 3.94. The minimum absolute atomic E-state index is 0.536. The summed E-state index contributed by atoms with van der Waals surface area (Å²) < 4.78 is 5.30. The Hall–Kier alpha value is -2.86. The predicted octanol–water partition coefficient (Wildman–Crippen LogP) is 3.30. The summed E-state index contributed by atoms with van der Waals surface area (Å²) in [5.74, 6) is 1.82. The van der Waals surface area contributed by atoms with Crippen LogP contribution in [0.1, 0.15) is 11.5 Å². The molecular formula is C19H20ClN5O. The summed E-state index contributed by atoms with van der Waals surface area (Å²) in [5, 5.41) is 11.1. The molecule has 0 atom stereocenters. The van der Waals surface area contributed by atoms with E-state index in [1.165, 1.54) is 5.56 Å². The summed E-state index contributed by atoms with van der Waals surface area (Å²) in [7, 11) is 1.74. The molecule has 1 aromatic heterocycles. The number of nitrogens with zero attached hydrogens (tertiary/aromatic N) is 3. The third kappa shape index (κ3) is 5.07. The van der Waals surface area contributed by atoms with Crippen LogP contribution < -0.4 is 10.6 Å². The Morgan fingerprint density at radius 2 is 1.96 bits per heavy atom. The number of hydrogen-bond acceptors (Lipinski definition) is 4. The zero-order valence-electron chi connectivity index (χ0n) is 14.4. The van der Waals surface area contributed by atoms with E-state index < -0.39 is 0 Å². The van der Waals surface area contributed by atoms with Gasteiger partial charge in [0.05, 0.1) is 0 Å². The van der Waals surface area contributed by atoms with Gasteiger partial charge in [-0.25, -0.2) is 0 Å². The van der Waals surface area contributed by atoms with Gasteiger partial charge in [0, 0.05) is 37.1 Å². The molecule has 3 rings (SSSR count). The smallest absolute Gasteiger partial charge is 0.228 e. The van der Waals surface area contributed by atoms with E-state index in [2.05, 4.69) is 37.9 Å². The van der Waals surface area contributed by atoms with E-state index in [-0.39, 0.29) is 0 Å². The lowest BCUT2D eigenvalue weighted by Gasteiger charge is -2.11. The maximum atomic E-state index is 5.99. The van der Waals surface area contributed by atoms with Crippen molar-refractivity contribution in [3.05, 3.63) is 71.1 Å². The van der Waals surface area contributed by atoms with Gasteiger partial charge in [-0.3, -0.25) is 4.99 Å². The van der Waals surface area contributed by atoms with E-state index in [4.69, 9.17) is 16.1 Å². The lowest BCUT2D eigenvalue weighted by atomic mass is 10.2. The first-order valence-electron chi connectivity index (χ1n) is 8.31. The molecular weight excluding hydrogens is 350 g/mol. The van der Waals surface area contributed by atoms with E-state index in [0.717, 1.165) is 11.5 Å². The van der Waals surface area contributed by atoms with Gasteiger partial charge in [-0.1, -0.05) is 59.2 Å². The lowest BCUT2D eigenvalue weighted by molar-refractivity contribution is 0.378. The van der Waals surface area contributed by atoms with E-state index in [1.54, 1.807) is 7.05 Å². The van der Waals surface area contributed by atoms with Gasteiger partial charge < -0.3 is 15.2 Å². The monoisotopic (exact) mass is 369 g/mol. The highest BCUT2D eigenvalue weighted by atomic mass is 35.5. The summed E-state index contributed by atoms with van der Waals surface area (Å²) >= 11 is 5.99. The normalized spacial score (nSPS) is 11.4. The van der Waals surface area contributed by atoms with Crippen molar-refractivity contribution in [2.75, 3.05) is 13.6 Å². The van der Waals surface area contributed by atoms with Crippen molar-refractivity contribution in [3.8, 4) is 11.4 Å². The van der Waals surface area contributed by atoms with Crippen LogP contribution in [-0.2, 0) is 13.0 Å². The molecule has 2 aromatic carbocycles. The Morgan fingerprint density at radius 1 is 1.12 bits per heavy atom. The van der Waals surface area contributed by atoms with Crippen LogP contribution in [0.15, 0.2) is 64.1 Å². The number of aromatic nitrogens is 2.